The number of aryl methyl sites for hydroxylation is 2. The fourth-order valence-corrected chi connectivity index (χ4v) is 3.27. The van der Waals surface area contributed by atoms with E-state index in [0.717, 1.165) is 40.0 Å². The summed E-state index contributed by atoms with van der Waals surface area (Å²) in [5.74, 6) is -0.921. The summed E-state index contributed by atoms with van der Waals surface area (Å²) in [7, 11) is 0. The van der Waals surface area contributed by atoms with Gasteiger partial charge in [0.05, 0.1) is 11.2 Å². The molecule has 6 heteroatoms. The highest BCUT2D eigenvalue weighted by Crippen LogP contribution is 2.33. The first kappa shape index (κ1) is 18.1. The van der Waals surface area contributed by atoms with E-state index in [-0.39, 0.29) is 0 Å². The van der Waals surface area contributed by atoms with Crippen LogP contribution in [0, 0.1) is 6.92 Å². The number of nitrogens with zero attached hydrogens (tertiary/aromatic N) is 3. The van der Waals surface area contributed by atoms with Crippen LogP contribution < -0.4 is 0 Å². The lowest BCUT2D eigenvalue weighted by molar-refractivity contribution is -0.132. The summed E-state index contributed by atoms with van der Waals surface area (Å²) >= 11 is 6.11. The molecule has 3 aromatic rings. The fraction of sp³-hybridized carbons (Fsp3) is 0.250. The second-order valence-electron chi connectivity index (χ2n) is 6.04. The molecule has 0 amide bonds. The molecule has 0 saturated heterocycles. The Morgan fingerprint density at radius 1 is 1.31 bits per heavy atom. The van der Waals surface area contributed by atoms with Crippen molar-refractivity contribution in [2.24, 2.45) is 0 Å². The number of pyridine rings is 1. The van der Waals surface area contributed by atoms with Crippen molar-refractivity contribution < 1.29 is 9.90 Å². The molecule has 0 spiro atoms. The Bertz CT molecular complexity index is 1020. The quantitative estimate of drug-likeness (QED) is 0.518. The molecule has 5 nitrogen and oxygen atoms in total. The lowest BCUT2D eigenvalue weighted by atomic mass is 9.97. The molecule has 26 heavy (non-hydrogen) atoms. The first-order valence-electron chi connectivity index (χ1n) is 8.53. The van der Waals surface area contributed by atoms with Crippen LogP contribution in [-0.4, -0.2) is 25.7 Å². The van der Waals surface area contributed by atoms with Crippen molar-refractivity contribution in [1.29, 1.82) is 0 Å². The topological polar surface area (TPSA) is 67.5 Å². The van der Waals surface area contributed by atoms with Gasteiger partial charge in [0.2, 0.25) is 0 Å². The van der Waals surface area contributed by atoms with E-state index >= 15 is 0 Å². The molecule has 0 aliphatic rings. The summed E-state index contributed by atoms with van der Waals surface area (Å²) in [4.78, 5) is 15.6. The molecule has 0 unspecified atom stereocenters. The summed E-state index contributed by atoms with van der Waals surface area (Å²) in [6, 6.07) is 7.72. The Balaban J connectivity index is 2.42. The van der Waals surface area contributed by atoms with Gasteiger partial charge in [-0.1, -0.05) is 25.4 Å². The molecule has 0 aliphatic carbocycles. The van der Waals surface area contributed by atoms with Crippen LogP contribution >= 0.6 is 11.6 Å². The number of carboxylic acid groups (broad SMARTS) is 1. The summed E-state index contributed by atoms with van der Waals surface area (Å²) in [5, 5.41) is 14.5. The second kappa shape index (κ2) is 7.30. The van der Waals surface area contributed by atoms with E-state index in [4.69, 9.17) is 16.7 Å². The normalized spacial score (nSPS) is 11.9. The van der Waals surface area contributed by atoms with Crippen molar-refractivity contribution in [3.8, 4) is 11.1 Å². The summed E-state index contributed by atoms with van der Waals surface area (Å²) in [6.07, 6.45) is 4.64. The average Bonchev–Trinajstić information content (AvgIpc) is 3.01. The van der Waals surface area contributed by atoms with Crippen LogP contribution in [0.5, 0.6) is 0 Å². The molecule has 0 aromatic carbocycles. The molecule has 0 bridgehead atoms. The number of fused-ring (bicyclic) bond motifs is 1. The van der Waals surface area contributed by atoms with Crippen molar-refractivity contribution in [3.63, 3.8) is 0 Å². The smallest absolute Gasteiger partial charge is 0.331 e. The first-order valence-corrected chi connectivity index (χ1v) is 8.91. The number of aliphatic carboxylic acids is 1. The highest BCUT2D eigenvalue weighted by Gasteiger charge is 2.17. The van der Waals surface area contributed by atoms with E-state index in [1.807, 2.05) is 36.6 Å². The molecule has 0 saturated carbocycles. The third-order valence-corrected chi connectivity index (χ3v) is 4.66. The summed E-state index contributed by atoms with van der Waals surface area (Å²) in [5.41, 5.74) is 5.69. The van der Waals surface area contributed by atoms with Gasteiger partial charge < -0.3 is 5.11 Å². The van der Waals surface area contributed by atoms with Gasteiger partial charge in [0.1, 0.15) is 5.15 Å². The highest BCUT2D eigenvalue weighted by atomic mass is 35.5. The number of halogens is 1. The van der Waals surface area contributed by atoms with Gasteiger partial charge in [-0.05, 0) is 55.7 Å². The Hall–Kier alpha value is -2.66. The van der Waals surface area contributed by atoms with Gasteiger partial charge in [0.15, 0.2) is 0 Å². The van der Waals surface area contributed by atoms with E-state index in [2.05, 4.69) is 11.9 Å². The molecular formula is C20H20ClN3O2. The van der Waals surface area contributed by atoms with Crippen LogP contribution in [0.4, 0.5) is 0 Å². The fourth-order valence-electron chi connectivity index (χ4n) is 3.10. The Morgan fingerprint density at radius 3 is 2.69 bits per heavy atom. The standard InChI is InChI=1S/C20H20ClN3O2/c1-4-13(20(25)26)10-16-12(3)23-24-15(5-2)6-7-17(24)19(16)14-8-9-22-18(21)11-14/h6-11H,4-5H2,1-3H3,(H,25,26)/b13-10+. The van der Waals surface area contributed by atoms with Gasteiger partial charge >= 0.3 is 5.97 Å². The highest BCUT2D eigenvalue weighted by molar-refractivity contribution is 6.29. The number of carboxylic acids is 1. The largest absolute Gasteiger partial charge is 0.478 e. The predicted molar refractivity (Wildman–Crippen MR) is 103 cm³/mol. The maximum Gasteiger partial charge on any atom is 0.331 e. The van der Waals surface area contributed by atoms with Crippen LogP contribution in [0.2, 0.25) is 5.15 Å². The van der Waals surface area contributed by atoms with Crippen molar-refractivity contribution >= 4 is 29.2 Å². The Kier molecular flexibility index (Phi) is 5.09. The Morgan fingerprint density at radius 2 is 2.08 bits per heavy atom. The molecule has 0 aliphatic heterocycles. The minimum absolute atomic E-state index is 0.336. The van der Waals surface area contributed by atoms with E-state index < -0.39 is 5.97 Å². The zero-order chi connectivity index (χ0) is 18.8. The zero-order valence-electron chi connectivity index (χ0n) is 15.0. The molecule has 134 valence electrons. The predicted octanol–water partition coefficient (Wildman–Crippen LogP) is 4.80. The third-order valence-electron chi connectivity index (χ3n) is 4.45. The third kappa shape index (κ3) is 3.22. The molecule has 0 atom stereocenters. The van der Waals surface area contributed by atoms with Crippen molar-refractivity contribution in [1.82, 2.24) is 14.6 Å². The average molecular weight is 370 g/mol. The van der Waals surface area contributed by atoms with Crippen molar-refractivity contribution in [2.75, 3.05) is 0 Å². The maximum absolute atomic E-state index is 11.5. The van der Waals surface area contributed by atoms with Crippen LogP contribution in [0.25, 0.3) is 22.7 Å². The van der Waals surface area contributed by atoms with Crippen molar-refractivity contribution in [2.45, 2.75) is 33.6 Å². The van der Waals surface area contributed by atoms with Gasteiger partial charge in [-0.15, -0.1) is 0 Å². The molecule has 0 fully saturated rings. The van der Waals surface area contributed by atoms with Crippen LogP contribution in [0.3, 0.4) is 0 Å². The van der Waals surface area contributed by atoms with Gasteiger partial charge in [-0.25, -0.2) is 14.3 Å². The monoisotopic (exact) mass is 369 g/mol. The lowest BCUT2D eigenvalue weighted by Crippen LogP contribution is -2.05. The van der Waals surface area contributed by atoms with E-state index in [1.165, 1.54) is 0 Å². The zero-order valence-corrected chi connectivity index (χ0v) is 15.7. The van der Waals surface area contributed by atoms with Gasteiger partial charge in [0, 0.05) is 28.6 Å². The van der Waals surface area contributed by atoms with Crippen LogP contribution in [0.15, 0.2) is 36.0 Å². The SMILES string of the molecule is CC/C(=C\c1c(C)nn2c(CC)ccc2c1-c1ccnc(Cl)c1)C(=O)O. The maximum atomic E-state index is 11.5. The second-order valence-corrected chi connectivity index (χ2v) is 6.43. The molecule has 3 aromatic heterocycles. The number of carbonyl (C=O) groups is 1. The first-order chi connectivity index (χ1) is 12.5. The van der Waals surface area contributed by atoms with Crippen LogP contribution in [0.1, 0.15) is 37.2 Å². The number of hydrogen-bond acceptors (Lipinski definition) is 3. The van der Waals surface area contributed by atoms with Gasteiger partial charge in [-0.2, -0.15) is 5.10 Å². The van der Waals surface area contributed by atoms with Gasteiger partial charge in [-0.3, -0.25) is 0 Å². The van der Waals surface area contributed by atoms with Crippen LogP contribution in [-0.2, 0) is 11.2 Å². The molecule has 1 N–H and O–H groups in total. The summed E-state index contributed by atoms with van der Waals surface area (Å²) < 4.78 is 1.92. The van der Waals surface area contributed by atoms with Crippen molar-refractivity contribution in [3.05, 3.63) is 58.1 Å². The minimum atomic E-state index is -0.921. The Labute approximate surface area is 157 Å². The number of rotatable bonds is 5. The summed E-state index contributed by atoms with van der Waals surface area (Å²) in [6.45, 7) is 5.80. The van der Waals surface area contributed by atoms with E-state index in [0.29, 0.717) is 17.1 Å². The van der Waals surface area contributed by atoms with E-state index in [9.17, 15) is 9.90 Å². The molecule has 3 heterocycles. The van der Waals surface area contributed by atoms with Gasteiger partial charge in [0.25, 0.3) is 0 Å². The lowest BCUT2D eigenvalue weighted by Gasteiger charge is -2.14. The minimum Gasteiger partial charge on any atom is -0.478 e. The number of aromatic nitrogens is 3. The van der Waals surface area contributed by atoms with E-state index in [1.54, 1.807) is 18.3 Å². The molecular weight excluding hydrogens is 350 g/mol. The molecule has 3 rings (SSSR count). The molecule has 0 radical (unpaired) electrons. The number of hydrogen-bond donors (Lipinski definition) is 1.